The van der Waals surface area contributed by atoms with Gasteiger partial charge in [-0.3, -0.25) is 15.0 Å². The number of ketones is 1. The second kappa shape index (κ2) is 10.4. The molecule has 0 aliphatic heterocycles. The third-order valence-corrected chi connectivity index (χ3v) is 4.32. The van der Waals surface area contributed by atoms with E-state index in [0.29, 0.717) is 11.1 Å². The van der Waals surface area contributed by atoms with Crippen LogP contribution in [-0.2, 0) is 9.53 Å². The van der Waals surface area contributed by atoms with Crippen molar-refractivity contribution < 1.29 is 23.5 Å². The largest absolute Gasteiger partial charge is 0.488 e. The van der Waals surface area contributed by atoms with Gasteiger partial charge in [0, 0.05) is 55.9 Å². The molecule has 0 saturated heterocycles. The van der Waals surface area contributed by atoms with Crippen LogP contribution in [0.3, 0.4) is 0 Å². The maximum atomic E-state index is 14.3. The lowest BCUT2D eigenvalue weighted by atomic mass is 10.0. The highest BCUT2D eigenvalue weighted by atomic mass is 19.1. The van der Waals surface area contributed by atoms with Gasteiger partial charge in [0.2, 0.25) is 5.78 Å². The van der Waals surface area contributed by atoms with Crippen LogP contribution in [0.15, 0.2) is 42.5 Å². The van der Waals surface area contributed by atoms with Crippen LogP contribution in [0.5, 0.6) is 5.75 Å². The second-order valence-electron chi connectivity index (χ2n) is 6.83. The fourth-order valence-corrected chi connectivity index (χ4v) is 2.62. The van der Waals surface area contributed by atoms with Crippen molar-refractivity contribution >= 4 is 28.8 Å². The van der Waals surface area contributed by atoms with Crippen molar-refractivity contribution in [2.45, 2.75) is 0 Å². The minimum absolute atomic E-state index is 0.0192. The standard InChI is InChI=1S/C22H25FN4O4/c1-27(2)22(29)14-6-4-13(5-7-14)17(24)11-19(28)21(26)15-10-16(23)20(12-18(15)25)31-9-8-30-3/h4-7,10-12,26H,8-9,24-25H2,1-3H3. The van der Waals surface area contributed by atoms with Gasteiger partial charge in [0.05, 0.1) is 6.61 Å². The summed E-state index contributed by atoms with van der Waals surface area (Å²) in [6, 6.07) is 8.56. The Hall–Kier alpha value is -3.72. The van der Waals surface area contributed by atoms with Gasteiger partial charge in [-0.1, -0.05) is 12.1 Å². The molecule has 2 aromatic rings. The highest BCUT2D eigenvalue weighted by Crippen LogP contribution is 2.25. The summed E-state index contributed by atoms with van der Waals surface area (Å²) in [6.07, 6.45) is 1.06. The lowest BCUT2D eigenvalue weighted by molar-refractivity contribution is -0.108. The number of anilines is 1. The molecule has 0 spiro atoms. The molecule has 0 unspecified atom stereocenters. The third kappa shape index (κ3) is 5.89. The molecular formula is C22H25FN4O4. The Kier molecular flexibility index (Phi) is 7.87. The lowest BCUT2D eigenvalue weighted by Crippen LogP contribution is -2.21. The molecule has 164 valence electrons. The first-order valence-electron chi connectivity index (χ1n) is 9.29. The van der Waals surface area contributed by atoms with Gasteiger partial charge >= 0.3 is 0 Å². The van der Waals surface area contributed by atoms with Gasteiger partial charge in [-0.2, -0.15) is 0 Å². The van der Waals surface area contributed by atoms with Crippen LogP contribution < -0.4 is 16.2 Å². The van der Waals surface area contributed by atoms with Crippen molar-refractivity contribution in [3.05, 3.63) is 65.0 Å². The normalized spacial score (nSPS) is 11.2. The number of nitrogen functional groups attached to an aromatic ring is 1. The highest BCUT2D eigenvalue weighted by molar-refractivity contribution is 6.50. The van der Waals surface area contributed by atoms with Gasteiger partial charge in [-0.15, -0.1) is 0 Å². The fraction of sp³-hybridized carbons (Fsp3) is 0.227. The van der Waals surface area contributed by atoms with Gasteiger partial charge in [-0.25, -0.2) is 4.39 Å². The van der Waals surface area contributed by atoms with E-state index in [4.69, 9.17) is 26.4 Å². The quantitative estimate of drug-likeness (QED) is 0.242. The molecule has 0 saturated carbocycles. The van der Waals surface area contributed by atoms with E-state index in [9.17, 15) is 14.0 Å². The van der Waals surface area contributed by atoms with E-state index in [2.05, 4.69) is 0 Å². The smallest absolute Gasteiger partial charge is 0.253 e. The van der Waals surface area contributed by atoms with Crippen molar-refractivity contribution in [1.29, 1.82) is 5.41 Å². The van der Waals surface area contributed by atoms with Crippen LogP contribution in [-0.4, -0.2) is 56.7 Å². The van der Waals surface area contributed by atoms with Gasteiger partial charge in [0.15, 0.2) is 11.6 Å². The Morgan fingerprint density at radius 2 is 1.74 bits per heavy atom. The minimum atomic E-state index is -0.754. The number of nitrogens with one attached hydrogen (secondary N) is 1. The molecule has 0 radical (unpaired) electrons. The summed E-state index contributed by atoms with van der Waals surface area (Å²) in [7, 11) is 4.77. The maximum Gasteiger partial charge on any atom is 0.253 e. The molecule has 2 aromatic carbocycles. The first-order chi connectivity index (χ1) is 14.6. The van der Waals surface area contributed by atoms with Crippen LogP contribution >= 0.6 is 0 Å². The van der Waals surface area contributed by atoms with E-state index < -0.39 is 17.3 Å². The zero-order valence-corrected chi connectivity index (χ0v) is 17.6. The van der Waals surface area contributed by atoms with E-state index >= 15 is 0 Å². The Balaban J connectivity index is 2.19. The fourth-order valence-electron chi connectivity index (χ4n) is 2.62. The molecule has 0 atom stereocenters. The van der Waals surface area contributed by atoms with Crippen LogP contribution in [0.4, 0.5) is 10.1 Å². The zero-order valence-electron chi connectivity index (χ0n) is 17.6. The molecule has 9 heteroatoms. The number of hydrogen-bond acceptors (Lipinski definition) is 7. The van der Waals surface area contributed by atoms with Crippen molar-refractivity contribution in [1.82, 2.24) is 4.90 Å². The van der Waals surface area contributed by atoms with Gasteiger partial charge in [-0.05, 0) is 23.8 Å². The summed E-state index contributed by atoms with van der Waals surface area (Å²) >= 11 is 0. The predicted octanol–water partition coefficient (Wildman–Crippen LogP) is 2.07. The molecule has 8 nitrogen and oxygen atoms in total. The second-order valence-corrected chi connectivity index (χ2v) is 6.83. The molecule has 1 amide bonds. The maximum absolute atomic E-state index is 14.3. The molecule has 0 aliphatic carbocycles. The number of halogens is 1. The summed E-state index contributed by atoms with van der Waals surface area (Å²) in [5.41, 5.74) is 12.4. The number of allylic oxidation sites excluding steroid dienone is 1. The number of carbonyl (C=O) groups excluding carboxylic acids is 2. The molecule has 5 N–H and O–H groups in total. The number of nitrogens with zero attached hydrogens (tertiary/aromatic N) is 1. The molecule has 0 bridgehead atoms. The number of carbonyl (C=O) groups is 2. The van der Waals surface area contributed by atoms with Gasteiger partial charge in [0.1, 0.15) is 12.3 Å². The number of amides is 1. The van der Waals surface area contributed by atoms with E-state index in [-0.39, 0.29) is 41.8 Å². The van der Waals surface area contributed by atoms with Gasteiger partial charge in [0.25, 0.3) is 5.91 Å². The Labute approximate surface area is 179 Å². The number of benzene rings is 2. The zero-order chi connectivity index (χ0) is 23.1. The van der Waals surface area contributed by atoms with Crippen LogP contribution in [0.1, 0.15) is 21.5 Å². The Bertz CT molecular complexity index is 1020. The first-order valence-corrected chi connectivity index (χ1v) is 9.29. The summed E-state index contributed by atoms with van der Waals surface area (Å²) in [5, 5.41) is 8.10. The number of ether oxygens (including phenoxy) is 2. The highest BCUT2D eigenvalue weighted by Gasteiger charge is 2.18. The van der Waals surface area contributed by atoms with Crippen LogP contribution in [0.2, 0.25) is 0 Å². The number of hydrogen-bond donors (Lipinski definition) is 3. The van der Waals surface area contributed by atoms with E-state index in [1.165, 1.54) is 18.1 Å². The molecule has 0 aromatic heterocycles. The molecule has 0 fully saturated rings. The van der Waals surface area contributed by atoms with E-state index in [0.717, 1.165) is 12.1 Å². The Morgan fingerprint density at radius 1 is 1.13 bits per heavy atom. The monoisotopic (exact) mass is 428 g/mol. The summed E-state index contributed by atoms with van der Waals surface area (Å²) in [6.45, 7) is 0.393. The molecule has 31 heavy (non-hydrogen) atoms. The average Bonchev–Trinajstić information content (AvgIpc) is 2.74. The van der Waals surface area contributed by atoms with Crippen molar-refractivity contribution in [3.8, 4) is 5.75 Å². The topological polar surface area (TPSA) is 132 Å². The van der Waals surface area contributed by atoms with Crippen molar-refractivity contribution in [2.24, 2.45) is 5.73 Å². The van der Waals surface area contributed by atoms with Gasteiger partial charge < -0.3 is 25.8 Å². The lowest BCUT2D eigenvalue weighted by Gasteiger charge is -2.12. The van der Waals surface area contributed by atoms with Crippen LogP contribution in [0.25, 0.3) is 5.70 Å². The minimum Gasteiger partial charge on any atom is -0.488 e. The summed E-state index contributed by atoms with van der Waals surface area (Å²) in [5.74, 6) is -1.76. The van der Waals surface area contributed by atoms with E-state index in [1.807, 2.05) is 0 Å². The van der Waals surface area contributed by atoms with E-state index in [1.54, 1.807) is 38.4 Å². The number of nitrogens with two attached hydrogens (primary N) is 2. The number of rotatable bonds is 9. The molecule has 0 heterocycles. The Morgan fingerprint density at radius 3 is 2.32 bits per heavy atom. The average molecular weight is 428 g/mol. The van der Waals surface area contributed by atoms with Crippen LogP contribution in [0, 0.1) is 11.2 Å². The summed E-state index contributed by atoms with van der Waals surface area (Å²) < 4.78 is 24.3. The molecule has 2 rings (SSSR count). The number of methoxy groups -OCH3 is 1. The molecular weight excluding hydrogens is 403 g/mol. The SMILES string of the molecule is COCCOc1cc(N)c(C(=N)C(=O)C=C(N)c2ccc(C(=O)N(C)C)cc2)cc1F. The van der Waals surface area contributed by atoms with Crippen molar-refractivity contribution in [3.63, 3.8) is 0 Å². The van der Waals surface area contributed by atoms with Crippen molar-refractivity contribution in [2.75, 3.05) is 40.2 Å². The third-order valence-electron chi connectivity index (χ3n) is 4.32. The predicted molar refractivity (Wildman–Crippen MR) is 117 cm³/mol. The molecule has 0 aliphatic rings. The summed E-state index contributed by atoms with van der Waals surface area (Å²) in [4.78, 5) is 25.9. The first kappa shape index (κ1) is 23.6.